The summed E-state index contributed by atoms with van der Waals surface area (Å²) in [7, 11) is 3.99. The summed E-state index contributed by atoms with van der Waals surface area (Å²) in [6.45, 7) is 2.52. The summed E-state index contributed by atoms with van der Waals surface area (Å²) in [6, 6.07) is 0. The van der Waals surface area contributed by atoms with Crippen LogP contribution < -0.4 is 0 Å². The fourth-order valence-electron chi connectivity index (χ4n) is 0.519. The zero-order valence-corrected chi connectivity index (χ0v) is 8.93. The molecule has 0 atom stereocenters. The Balaban J connectivity index is 4.00. The van der Waals surface area contributed by atoms with Gasteiger partial charge in [0.15, 0.2) is 0 Å². The maximum atomic E-state index is 5.11. The first-order chi connectivity index (χ1) is 4.76. The van der Waals surface area contributed by atoms with E-state index in [0.29, 0.717) is 12.6 Å². The first kappa shape index (κ1) is 9.36. The molecule has 0 heterocycles. The van der Waals surface area contributed by atoms with Gasteiger partial charge in [0.1, 0.15) is 5.38 Å². The molecule has 10 heavy (non-hydrogen) atoms. The van der Waals surface area contributed by atoms with Gasteiger partial charge in [-0.15, -0.1) is 0 Å². The van der Waals surface area contributed by atoms with Crippen molar-refractivity contribution in [2.45, 2.75) is 6.92 Å². The van der Waals surface area contributed by atoms with Crippen molar-refractivity contribution in [3.05, 3.63) is 11.3 Å². The van der Waals surface area contributed by atoms with Crippen LogP contribution in [0.1, 0.15) is 6.92 Å². The molecule has 0 aliphatic heterocycles. The van der Waals surface area contributed by atoms with Gasteiger partial charge in [-0.2, -0.15) is 0 Å². The number of hydrogen-bond donors (Lipinski definition) is 0. The summed E-state index contributed by atoms with van der Waals surface area (Å²) in [5, 5.41) is 0.796. The largest absolute Gasteiger partial charge is 0.500 e. The molecule has 0 aromatic heterocycles. The Kier molecular flexibility index (Phi) is 4.83. The van der Waals surface area contributed by atoms with Gasteiger partial charge in [-0.3, -0.25) is 0 Å². The molecule has 0 amide bonds. The Bertz CT molecular complexity index is 122. The Hall–Kier alpha value is -0.643. The van der Waals surface area contributed by atoms with Gasteiger partial charge in [0, 0.05) is 0 Å². The lowest BCUT2D eigenvalue weighted by atomic mass is 10.8. The van der Waals surface area contributed by atoms with E-state index in [1.165, 1.54) is 0 Å². The molecule has 0 fully saturated rings. The summed E-state index contributed by atoms with van der Waals surface area (Å²) in [5.41, 5.74) is 0. The zero-order chi connectivity index (χ0) is 7.98. The predicted octanol–water partition coefficient (Wildman–Crippen LogP) is -0.192. The summed E-state index contributed by atoms with van der Waals surface area (Å²) < 4.78 is 15.0. The van der Waals surface area contributed by atoms with Gasteiger partial charge in [0.05, 0.1) is 31.1 Å². The van der Waals surface area contributed by atoms with Gasteiger partial charge < -0.3 is 14.2 Å². The summed E-state index contributed by atoms with van der Waals surface area (Å²) in [5.74, 6) is 0.511. The van der Waals surface area contributed by atoms with E-state index < -0.39 is 0 Å². The molecule has 60 valence electrons. The topological polar surface area (TPSA) is 27.7 Å². The number of rotatable bonds is 4. The number of ether oxygens (including phenoxy) is 3. The van der Waals surface area contributed by atoms with Crippen LogP contribution in [0, 0.1) is 0 Å². The summed E-state index contributed by atoms with van der Waals surface area (Å²) in [4.78, 5) is 0. The lowest BCUT2D eigenvalue weighted by Gasteiger charge is -2.09. The standard InChI is InChI=1S/C6H14O3Si/c1-4-9-5(7-2)6(10)8-3/h4H2,1-3,10H3. The van der Waals surface area contributed by atoms with Gasteiger partial charge in [-0.1, -0.05) is 0 Å². The quantitative estimate of drug-likeness (QED) is 0.423. The van der Waals surface area contributed by atoms with E-state index >= 15 is 0 Å². The second kappa shape index (κ2) is 5.17. The molecule has 0 radical (unpaired) electrons. The Morgan fingerprint density at radius 1 is 1.30 bits per heavy atom. The third-order valence-electron chi connectivity index (χ3n) is 1.05. The van der Waals surface area contributed by atoms with Crippen LogP contribution in [0.25, 0.3) is 0 Å². The van der Waals surface area contributed by atoms with Crippen molar-refractivity contribution in [2.75, 3.05) is 20.8 Å². The van der Waals surface area contributed by atoms with Gasteiger partial charge in [-0.25, -0.2) is 0 Å². The fraction of sp³-hybridized carbons (Fsp3) is 0.667. The van der Waals surface area contributed by atoms with E-state index in [2.05, 4.69) is 0 Å². The van der Waals surface area contributed by atoms with Crippen molar-refractivity contribution in [3.8, 4) is 0 Å². The molecule has 0 bridgehead atoms. The highest BCUT2D eigenvalue weighted by atomic mass is 28.1. The average Bonchev–Trinajstić information content (AvgIpc) is 1.99. The van der Waals surface area contributed by atoms with Crippen LogP contribution in [0.3, 0.4) is 0 Å². The van der Waals surface area contributed by atoms with E-state index in [9.17, 15) is 0 Å². The Labute approximate surface area is 64.4 Å². The highest BCUT2D eigenvalue weighted by Crippen LogP contribution is 2.03. The molecule has 0 aliphatic carbocycles. The smallest absolute Gasteiger partial charge is 0.312 e. The third kappa shape index (κ3) is 2.77. The first-order valence-corrected chi connectivity index (χ1v) is 4.17. The minimum Gasteiger partial charge on any atom is -0.500 e. The predicted molar refractivity (Wildman–Crippen MR) is 42.6 cm³/mol. The van der Waals surface area contributed by atoms with E-state index in [1.54, 1.807) is 14.2 Å². The van der Waals surface area contributed by atoms with Crippen LogP contribution in [0.5, 0.6) is 0 Å². The minimum atomic E-state index is 0.511. The molecule has 0 aliphatic rings. The van der Waals surface area contributed by atoms with Crippen LogP contribution in [0.4, 0.5) is 0 Å². The van der Waals surface area contributed by atoms with Crippen molar-refractivity contribution in [2.24, 2.45) is 0 Å². The number of hydrogen-bond acceptors (Lipinski definition) is 3. The van der Waals surface area contributed by atoms with Gasteiger partial charge in [0.2, 0.25) is 0 Å². The first-order valence-electron chi connectivity index (χ1n) is 3.17. The molecule has 4 heteroatoms. The highest BCUT2D eigenvalue weighted by molar-refractivity contribution is 6.20. The Morgan fingerprint density at radius 2 is 1.90 bits per heavy atom. The van der Waals surface area contributed by atoms with Crippen molar-refractivity contribution < 1.29 is 14.2 Å². The molecule has 0 saturated heterocycles. The maximum absolute atomic E-state index is 5.11. The van der Waals surface area contributed by atoms with Crippen molar-refractivity contribution in [1.82, 2.24) is 0 Å². The van der Waals surface area contributed by atoms with Crippen LogP contribution in [0.2, 0.25) is 0 Å². The van der Waals surface area contributed by atoms with E-state index in [1.807, 2.05) is 6.92 Å². The summed E-state index contributed by atoms with van der Waals surface area (Å²) >= 11 is 0. The minimum absolute atomic E-state index is 0.511. The summed E-state index contributed by atoms with van der Waals surface area (Å²) in [6.07, 6.45) is 0. The van der Waals surface area contributed by atoms with Crippen molar-refractivity contribution in [1.29, 1.82) is 0 Å². The molecular formula is C6H14O3Si. The molecule has 0 rings (SSSR count). The fourth-order valence-corrected chi connectivity index (χ4v) is 0.867. The third-order valence-corrected chi connectivity index (χ3v) is 1.87. The van der Waals surface area contributed by atoms with Gasteiger partial charge in [0.25, 0.3) is 0 Å². The molecule has 0 unspecified atom stereocenters. The molecular weight excluding hydrogens is 148 g/mol. The number of methoxy groups -OCH3 is 2. The monoisotopic (exact) mass is 162 g/mol. The molecule has 0 aromatic carbocycles. The van der Waals surface area contributed by atoms with E-state index in [0.717, 1.165) is 15.6 Å². The van der Waals surface area contributed by atoms with Crippen LogP contribution in [-0.4, -0.2) is 31.1 Å². The highest BCUT2D eigenvalue weighted by Gasteiger charge is 2.00. The second-order valence-electron chi connectivity index (χ2n) is 1.68. The lowest BCUT2D eigenvalue weighted by molar-refractivity contribution is 0.0522. The molecule has 0 spiro atoms. The molecule has 0 saturated carbocycles. The molecule has 0 aromatic rings. The normalized spacial score (nSPS) is 12.3. The van der Waals surface area contributed by atoms with Crippen LogP contribution in [0.15, 0.2) is 11.3 Å². The average molecular weight is 162 g/mol. The van der Waals surface area contributed by atoms with E-state index in [-0.39, 0.29) is 0 Å². The maximum Gasteiger partial charge on any atom is 0.312 e. The van der Waals surface area contributed by atoms with Gasteiger partial charge >= 0.3 is 5.95 Å². The van der Waals surface area contributed by atoms with E-state index in [4.69, 9.17) is 14.2 Å². The molecule has 0 N–H and O–H groups in total. The SMILES string of the molecule is CCOC(OC)=C([SiH3])OC. The Morgan fingerprint density at radius 3 is 2.20 bits per heavy atom. The second-order valence-corrected chi connectivity index (χ2v) is 2.59. The lowest BCUT2D eigenvalue weighted by Crippen LogP contribution is -2.01. The van der Waals surface area contributed by atoms with Crippen molar-refractivity contribution in [3.63, 3.8) is 0 Å². The van der Waals surface area contributed by atoms with Gasteiger partial charge in [-0.05, 0) is 6.92 Å². The van der Waals surface area contributed by atoms with Crippen LogP contribution in [-0.2, 0) is 14.2 Å². The zero-order valence-electron chi connectivity index (χ0n) is 6.93. The van der Waals surface area contributed by atoms with Crippen LogP contribution >= 0.6 is 0 Å². The van der Waals surface area contributed by atoms with Crippen molar-refractivity contribution >= 4 is 10.2 Å². The molecule has 3 nitrogen and oxygen atoms in total.